The normalized spacial score (nSPS) is 10.9. The van der Waals surface area contributed by atoms with E-state index in [4.69, 9.17) is 0 Å². The van der Waals surface area contributed by atoms with E-state index in [1.54, 1.807) is 0 Å². The highest BCUT2D eigenvalue weighted by molar-refractivity contribution is 9.10. The smallest absolute Gasteiger partial charge is 0.0468 e. The lowest BCUT2D eigenvalue weighted by Gasteiger charge is -2.27. The molecule has 0 aromatic heterocycles. The van der Waals surface area contributed by atoms with Crippen molar-refractivity contribution in [2.45, 2.75) is 0 Å². The molecular formula is C42H29Br2N. The fourth-order valence-electron chi connectivity index (χ4n) is 5.76. The highest BCUT2D eigenvalue weighted by Gasteiger charge is 2.17. The van der Waals surface area contributed by atoms with Crippen LogP contribution in [0.2, 0.25) is 0 Å². The van der Waals surface area contributed by atoms with Crippen molar-refractivity contribution in [3.8, 4) is 44.5 Å². The van der Waals surface area contributed by atoms with Crippen molar-refractivity contribution in [3.05, 3.63) is 185 Å². The standard InChI is InChI=1S/C42H29Br2N/c43-36-18-22-38(23-19-36)45(39-24-20-37(44)21-25-39)40-26-27-41(35-13-7-12-34(28-35)31-10-5-2-6-11-31)42(29-40)33-16-14-32(15-17-33)30-8-3-1-4-9-30/h1-29H. The topological polar surface area (TPSA) is 3.24 Å². The molecule has 216 valence electrons. The number of nitrogens with zero attached hydrogens (tertiary/aromatic N) is 1. The number of halogens is 2. The van der Waals surface area contributed by atoms with E-state index in [0.29, 0.717) is 0 Å². The van der Waals surface area contributed by atoms with Crippen LogP contribution in [0.5, 0.6) is 0 Å². The minimum Gasteiger partial charge on any atom is -0.310 e. The summed E-state index contributed by atoms with van der Waals surface area (Å²) in [6.45, 7) is 0. The van der Waals surface area contributed by atoms with Crippen LogP contribution in [0.15, 0.2) is 185 Å². The van der Waals surface area contributed by atoms with Gasteiger partial charge >= 0.3 is 0 Å². The zero-order chi connectivity index (χ0) is 30.6. The van der Waals surface area contributed by atoms with Crippen LogP contribution in [0, 0.1) is 0 Å². The van der Waals surface area contributed by atoms with Crippen LogP contribution in [-0.2, 0) is 0 Å². The van der Waals surface area contributed by atoms with Gasteiger partial charge in [-0.2, -0.15) is 0 Å². The van der Waals surface area contributed by atoms with Crippen LogP contribution in [-0.4, -0.2) is 0 Å². The van der Waals surface area contributed by atoms with Gasteiger partial charge in [-0.25, -0.2) is 0 Å². The molecule has 3 heteroatoms. The Morgan fingerprint density at radius 3 is 1.31 bits per heavy atom. The monoisotopic (exact) mass is 705 g/mol. The SMILES string of the molecule is Brc1ccc(N(c2ccc(Br)cc2)c2ccc(-c3cccc(-c4ccccc4)c3)c(-c3ccc(-c4ccccc4)cc3)c2)cc1. The maximum Gasteiger partial charge on any atom is 0.0468 e. The quantitative estimate of drug-likeness (QED) is 0.159. The van der Waals surface area contributed by atoms with Gasteiger partial charge < -0.3 is 4.90 Å². The Labute approximate surface area is 281 Å². The average Bonchev–Trinajstić information content (AvgIpc) is 3.11. The first-order valence-electron chi connectivity index (χ1n) is 14.9. The molecule has 0 aliphatic heterocycles. The second kappa shape index (κ2) is 13.1. The highest BCUT2D eigenvalue weighted by Crippen LogP contribution is 2.42. The van der Waals surface area contributed by atoms with Crippen LogP contribution in [0.4, 0.5) is 17.1 Å². The van der Waals surface area contributed by atoms with Crippen molar-refractivity contribution >= 4 is 48.9 Å². The van der Waals surface area contributed by atoms with E-state index in [1.807, 2.05) is 0 Å². The van der Waals surface area contributed by atoms with Crippen molar-refractivity contribution in [1.82, 2.24) is 0 Å². The Kier molecular flexibility index (Phi) is 8.46. The van der Waals surface area contributed by atoms with Crippen LogP contribution >= 0.6 is 31.9 Å². The Bertz CT molecular complexity index is 1990. The van der Waals surface area contributed by atoms with E-state index >= 15 is 0 Å². The summed E-state index contributed by atoms with van der Waals surface area (Å²) in [4.78, 5) is 2.31. The molecule has 0 saturated heterocycles. The molecule has 45 heavy (non-hydrogen) atoms. The molecule has 0 amide bonds. The van der Waals surface area contributed by atoms with Crippen molar-refractivity contribution in [3.63, 3.8) is 0 Å². The minimum atomic E-state index is 1.05. The third-order valence-electron chi connectivity index (χ3n) is 8.01. The lowest BCUT2D eigenvalue weighted by atomic mass is 9.91. The molecular weight excluding hydrogens is 678 g/mol. The van der Waals surface area contributed by atoms with Gasteiger partial charge in [0.2, 0.25) is 0 Å². The van der Waals surface area contributed by atoms with E-state index < -0.39 is 0 Å². The van der Waals surface area contributed by atoms with E-state index in [2.05, 4.69) is 213 Å². The first kappa shape index (κ1) is 29.0. The largest absolute Gasteiger partial charge is 0.310 e. The number of hydrogen-bond donors (Lipinski definition) is 0. The van der Waals surface area contributed by atoms with Gasteiger partial charge in [0.1, 0.15) is 0 Å². The molecule has 0 saturated carbocycles. The summed E-state index contributed by atoms with van der Waals surface area (Å²) in [5.41, 5.74) is 12.8. The third-order valence-corrected chi connectivity index (χ3v) is 9.07. The van der Waals surface area contributed by atoms with Gasteiger partial charge in [-0.1, -0.05) is 141 Å². The maximum atomic E-state index is 3.61. The minimum absolute atomic E-state index is 1.05. The van der Waals surface area contributed by atoms with Crippen molar-refractivity contribution in [1.29, 1.82) is 0 Å². The predicted octanol–water partition coefficient (Wildman–Crippen LogP) is 13.3. The van der Waals surface area contributed by atoms with Gasteiger partial charge in [0.05, 0.1) is 0 Å². The molecule has 7 rings (SSSR count). The summed E-state index contributed by atoms with van der Waals surface area (Å²) in [6.07, 6.45) is 0. The number of rotatable bonds is 7. The van der Waals surface area contributed by atoms with E-state index in [0.717, 1.165) is 26.0 Å². The van der Waals surface area contributed by atoms with Crippen LogP contribution in [0.3, 0.4) is 0 Å². The Hall–Kier alpha value is -4.70. The van der Waals surface area contributed by atoms with Gasteiger partial charge in [0, 0.05) is 26.0 Å². The number of hydrogen-bond acceptors (Lipinski definition) is 1. The summed E-state index contributed by atoms with van der Waals surface area (Å²) in [5.74, 6) is 0. The Morgan fingerprint density at radius 2 is 0.733 bits per heavy atom. The summed E-state index contributed by atoms with van der Waals surface area (Å²) in [5, 5.41) is 0. The molecule has 0 atom stereocenters. The fourth-order valence-corrected chi connectivity index (χ4v) is 6.29. The molecule has 0 unspecified atom stereocenters. The molecule has 7 aromatic carbocycles. The van der Waals surface area contributed by atoms with Crippen molar-refractivity contribution in [2.75, 3.05) is 4.90 Å². The zero-order valence-electron chi connectivity index (χ0n) is 24.4. The van der Waals surface area contributed by atoms with E-state index in [1.165, 1.54) is 44.5 Å². The van der Waals surface area contributed by atoms with Gasteiger partial charge in [-0.15, -0.1) is 0 Å². The average molecular weight is 708 g/mol. The van der Waals surface area contributed by atoms with E-state index in [9.17, 15) is 0 Å². The zero-order valence-corrected chi connectivity index (χ0v) is 27.6. The van der Waals surface area contributed by atoms with Gasteiger partial charge in [-0.05, 0) is 111 Å². The maximum absolute atomic E-state index is 3.61. The third kappa shape index (κ3) is 6.42. The lowest BCUT2D eigenvalue weighted by Crippen LogP contribution is -2.10. The molecule has 0 aliphatic carbocycles. The van der Waals surface area contributed by atoms with Gasteiger partial charge in [0.25, 0.3) is 0 Å². The molecule has 0 spiro atoms. The lowest BCUT2D eigenvalue weighted by molar-refractivity contribution is 1.28. The van der Waals surface area contributed by atoms with Crippen molar-refractivity contribution < 1.29 is 0 Å². The Balaban J connectivity index is 1.40. The van der Waals surface area contributed by atoms with Crippen molar-refractivity contribution in [2.24, 2.45) is 0 Å². The van der Waals surface area contributed by atoms with Crippen LogP contribution in [0.25, 0.3) is 44.5 Å². The molecule has 0 bridgehead atoms. The second-order valence-corrected chi connectivity index (χ2v) is 12.7. The number of anilines is 3. The number of benzene rings is 7. The van der Waals surface area contributed by atoms with Gasteiger partial charge in [0.15, 0.2) is 0 Å². The first-order valence-corrected chi connectivity index (χ1v) is 16.5. The van der Waals surface area contributed by atoms with E-state index in [-0.39, 0.29) is 0 Å². The van der Waals surface area contributed by atoms with Crippen LogP contribution < -0.4 is 4.90 Å². The van der Waals surface area contributed by atoms with Gasteiger partial charge in [-0.3, -0.25) is 0 Å². The summed E-state index contributed by atoms with van der Waals surface area (Å²) < 4.78 is 2.10. The summed E-state index contributed by atoms with van der Waals surface area (Å²) in [7, 11) is 0. The Morgan fingerprint density at radius 1 is 0.289 bits per heavy atom. The molecule has 0 heterocycles. The molecule has 7 aromatic rings. The van der Waals surface area contributed by atoms with Crippen LogP contribution in [0.1, 0.15) is 0 Å². The molecule has 0 fully saturated rings. The molecule has 0 radical (unpaired) electrons. The first-order chi connectivity index (χ1) is 22.1. The molecule has 0 aliphatic rings. The summed E-state index contributed by atoms with van der Waals surface area (Å²) >= 11 is 7.23. The second-order valence-electron chi connectivity index (χ2n) is 10.9. The highest BCUT2D eigenvalue weighted by atomic mass is 79.9. The molecule has 1 nitrogen and oxygen atoms in total. The fraction of sp³-hybridized carbons (Fsp3) is 0. The molecule has 0 N–H and O–H groups in total. The predicted molar refractivity (Wildman–Crippen MR) is 198 cm³/mol. The summed E-state index contributed by atoms with van der Waals surface area (Å²) in [6, 6.07) is 62.7.